The molecule has 0 amide bonds. The SMILES string of the molecule is CC(C)NCc1cncn1C1CC1. The monoisotopic (exact) mass is 179 g/mol. The minimum Gasteiger partial charge on any atom is -0.330 e. The Hall–Kier alpha value is -0.830. The molecule has 1 aliphatic carbocycles. The molecule has 0 radical (unpaired) electrons. The van der Waals surface area contributed by atoms with E-state index >= 15 is 0 Å². The summed E-state index contributed by atoms with van der Waals surface area (Å²) in [5.41, 5.74) is 1.32. The maximum atomic E-state index is 4.18. The number of imidazole rings is 1. The van der Waals surface area contributed by atoms with Gasteiger partial charge in [-0.05, 0) is 12.8 Å². The summed E-state index contributed by atoms with van der Waals surface area (Å²) in [6.45, 7) is 5.27. The molecular formula is C10H17N3. The Kier molecular flexibility index (Phi) is 2.36. The molecule has 0 aliphatic heterocycles. The fourth-order valence-corrected chi connectivity index (χ4v) is 1.46. The second-order valence-corrected chi connectivity index (χ2v) is 4.06. The van der Waals surface area contributed by atoms with Gasteiger partial charge in [0.2, 0.25) is 0 Å². The molecule has 1 aliphatic rings. The molecule has 0 spiro atoms. The molecule has 1 aromatic heterocycles. The Labute approximate surface area is 79.2 Å². The summed E-state index contributed by atoms with van der Waals surface area (Å²) in [6, 6.07) is 1.29. The Bertz CT molecular complexity index is 273. The van der Waals surface area contributed by atoms with Crippen molar-refractivity contribution in [2.45, 2.75) is 45.3 Å². The first kappa shape index (κ1) is 8.75. The summed E-state index contributed by atoms with van der Waals surface area (Å²) >= 11 is 0. The highest BCUT2D eigenvalue weighted by atomic mass is 15.1. The number of aromatic nitrogens is 2. The average Bonchev–Trinajstić information content (AvgIpc) is 2.82. The fraction of sp³-hybridized carbons (Fsp3) is 0.700. The average molecular weight is 179 g/mol. The summed E-state index contributed by atoms with van der Waals surface area (Å²) in [5, 5.41) is 3.41. The lowest BCUT2D eigenvalue weighted by Gasteiger charge is -2.09. The molecule has 1 aromatic rings. The molecule has 13 heavy (non-hydrogen) atoms. The van der Waals surface area contributed by atoms with Crippen molar-refractivity contribution >= 4 is 0 Å². The number of hydrogen-bond donors (Lipinski definition) is 1. The van der Waals surface area contributed by atoms with Gasteiger partial charge < -0.3 is 9.88 Å². The van der Waals surface area contributed by atoms with Crippen LogP contribution in [0.4, 0.5) is 0 Å². The van der Waals surface area contributed by atoms with E-state index in [4.69, 9.17) is 0 Å². The molecule has 1 N–H and O–H groups in total. The maximum absolute atomic E-state index is 4.18. The molecule has 1 saturated carbocycles. The molecule has 0 bridgehead atoms. The lowest BCUT2D eigenvalue weighted by atomic mass is 10.3. The molecule has 3 nitrogen and oxygen atoms in total. The van der Waals surface area contributed by atoms with Gasteiger partial charge in [-0.25, -0.2) is 4.98 Å². The van der Waals surface area contributed by atoms with Crippen LogP contribution in [0.25, 0.3) is 0 Å². The van der Waals surface area contributed by atoms with E-state index in [1.54, 1.807) is 0 Å². The van der Waals surface area contributed by atoms with Crippen LogP contribution in [0.15, 0.2) is 12.5 Å². The molecule has 72 valence electrons. The molecule has 0 aromatic carbocycles. The maximum Gasteiger partial charge on any atom is 0.0951 e. The summed E-state index contributed by atoms with van der Waals surface area (Å²) in [6.07, 6.45) is 6.57. The lowest BCUT2D eigenvalue weighted by Crippen LogP contribution is -2.23. The highest BCUT2D eigenvalue weighted by Gasteiger charge is 2.24. The van der Waals surface area contributed by atoms with Gasteiger partial charge in [0.05, 0.1) is 12.0 Å². The molecule has 0 unspecified atom stereocenters. The zero-order chi connectivity index (χ0) is 9.26. The second-order valence-electron chi connectivity index (χ2n) is 4.06. The van der Waals surface area contributed by atoms with Crippen LogP contribution >= 0.6 is 0 Å². The zero-order valence-corrected chi connectivity index (χ0v) is 8.33. The van der Waals surface area contributed by atoms with E-state index in [-0.39, 0.29) is 0 Å². The van der Waals surface area contributed by atoms with Crippen molar-refractivity contribution in [2.75, 3.05) is 0 Å². The van der Waals surface area contributed by atoms with E-state index < -0.39 is 0 Å². The van der Waals surface area contributed by atoms with Crippen molar-refractivity contribution in [2.24, 2.45) is 0 Å². The minimum atomic E-state index is 0.544. The topological polar surface area (TPSA) is 29.9 Å². The Morgan fingerprint density at radius 1 is 1.62 bits per heavy atom. The first-order chi connectivity index (χ1) is 6.27. The quantitative estimate of drug-likeness (QED) is 0.762. The van der Waals surface area contributed by atoms with Gasteiger partial charge in [0.25, 0.3) is 0 Å². The first-order valence-corrected chi connectivity index (χ1v) is 5.01. The Morgan fingerprint density at radius 2 is 2.38 bits per heavy atom. The second kappa shape index (κ2) is 3.50. The molecule has 3 heteroatoms. The zero-order valence-electron chi connectivity index (χ0n) is 8.33. The highest BCUT2D eigenvalue weighted by Crippen LogP contribution is 2.35. The van der Waals surface area contributed by atoms with Crippen molar-refractivity contribution < 1.29 is 0 Å². The van der Waals surface area contributed by atoms with E-state index in [0.29, 0.717) is 6.04 Å². The predicted octanol–water partition coefficient (Wildman–Crippen LogP) is 1.72. The highest BCUT2D eigenvalue weighted by molar-refractivity contribution is 5.03. The lowest BCUT2D eigenvalue weighted by molar-refractivity contribution is 0.558. The molecule has 1 fully saturated rings. The Morgan fingerprint density at radius 3 is 3.00 bits per heavy atom. The smallest absolute Gasteiger partial charge is 0.0951 e. The number of hydrogen-bond acceptors (Lipinski definition) is 2. The van der Waals surface area contributed by atoms with Crippen LogP contribution in [-0.4, -0.2) is 15.6 Å². The first-order valence-electron chi connectivity index (χ1n) is 5.01. The van der Waals surface area contributed by atoms with E-state index in [1.165, 1.54) is 18.5 Å². The molecule has 0 saturated heterocycles. The van der Waals surface area contributed by atoms with Crippen molar-refractivity contribution in [3.05, 3.63) is 18.2 Å². The van der Waals surface area contributed by atoms with Crippen LogP contribution in [0, 0.1) is 0 Å². The van der Waals surface area contributed by atoms with Crippen LogP contribution in [0.2, 0.25) is 0 Å². The summed E-state index contributed by atoms with van der Waals surface area (Å²) in [5.74, 6) is 0. The summed E-state index contributed by atoms with van der Waals surface area (Å²) in [7, 11) is 0. The van der Waals surface area contributed by atoms with E-state index in [2.05, 4.69) is 28.7 Å². The van der Waals surface area contributed by atoms with Gasteiger partial charge in [0, 0.05) is 24.8 Å². The van der Waals surface area contributed by atoms with Crippen molar-refractivity contribution in [3.63, 3.8) is 0 Å². The molecular weight excluding hydrogens is 162 g/mol. The van der Waals surface area contributed by atoms with Gasteiger partial charge >= 0.3 is 0 Å². The summed E-state index contributed by atoms with van der Waals surface area (Å²) in [4.78, 5) is 4.18. The normalized spacial score (nSPS) is 16.8. The largest absolute Gasteiger partial charge is 0.330 e. The van der Waals surface area contributed by atoms with Crippen LogP contribution in [-0.2, 0) is 6.54 Å². The van der Waals surface area contributed by atoms with Gasteiger partial charge in [0.15, 0.2) is 0 Å². The van der Waals surface area contributed by atoms with Crippen LogP contribution in [0.3, 0.4) is 0 Å². The van der Waals surface area contributed by atoms with Crippen LogP contribution in [0.5, 0.6) is 0 Å². The van der Waals surface area contributed by atoms with Gasteiger partial charge in [-0.15, -0.1) is 0 Å². The molecule has 0 atom stereocenters. The van der Waals surface area contributed by atoms with Gasteiger partial charge in [-0.3, -0.25) is 0 Å². The standard InChI is InChI=1S/C10H17N3/c1-8(2)12-6-10-5-11-7-13(10)9-3-4-9/h5,7-9,12H,3-4,6H2,1-2H3. The Balaban J connectivity index is 1.98. The van der Waals surface area contributed by atoms with Gasteiger partial charge in [0.1, 0.15) is 0 Å². The predicted molar refractivity (Wildman–Crippen MR) is 52.5 cm³/mol. The molecule has 1 heterocycles. The van der Waals surface area contributed by atoms with E-state index in [9.17, 15) is 0 Å². The van der Waals surface area contributed by atoms with Gasteiger partial charge in [-0.2, -0.15) is 0 Å². The third-order valence-corrected chi connectivity index (χ3v) is 2.38. The van der Waals surface area contributed by atoms with Crippen molar-refractivity contribution in [1.82, 2.24) is 14.9 Å². The van der Waals surface area contributed by atoms with E-state index in [0.717, 1.165) is 12.6 Å². The molecule has 2 rings (SSSR count). The summed E-state index contributed by atoms with van der Waals surface area (Å²) < 4.78 is 2.30. The number of rotatable bonds is 4. The fourth-order valence-electron chi connectivity index (χ4n) is 1.46. The third kappa shape index (κ3) is 2.10. The van der Waals surface area contributed by atoms with Crippen LogP contribution in [0.1, 0.15) is 38.4 Å². The third-order valence-electron chi connectivity index (χ3n) is 2.38. The number of nitrogens with one attached hydrogen (secondary N) is 1. The minimum absolute atomic E-state index is 0.544. The van der Waals surface area contributed by atoms with E-state index in [1.807, 2.05) is 12.5 Å². The van der Waals surface area contributed by atoms with Crippen molar-refractivity contribution in [3.8, 4) is 0 Å². The number of nitrogens with zero attached hydrogens (tertiary/aromatic N) is 2. The van der Waals surface area contributed by atoms with Crippen molar-refractivity contribution in [1.29, 1.82) is 0 Å². The van der Waals surface area contributed by atoms with Crippen LogP contribution < -0.4 is 5.32 Å². The van der Waals surface area contributed by atoms with Gasteiger partial charge in [-0.1, -0.05) is 13.8 Å².